The summed E-state index contributed by atoms with van der Waals surface area (Å²) in [6.45, 7) is 16.7. The third-order valence-electron chi connectivity index (χ3n) is 5.98. The molecule has 0 atom stereocenters. The average molecular weight is 549 g/mol. The second-order valence-corrected chi connectivity index (χ2v) is 17.2. The van der Waals surface area contributed by atoms with Crippen LogP contribution in [-0.2, 0) is 4.74 Å². The Bertz CT molecular complexity index is 1360. The van der Waals surface area contributed by atoms with Gasteiger partial charge in [0.25, 0.3) is 0 Å². The average Bonchev–Trinajstić information content (AvgIpc) is 3.33. The first-order valence-corrected chi connectivity index (χ1v) is 15.5. The van der Waals surface area contributed by atoms with E-state index in [1.165, 1.54) is 4.68 Å². The molecular weight excluding hydrogens is 518 g/mol. The molecule has 0 bridgehead atoms. The zero-order chi connectivity index (χ0) is 24.3. The van der Waals surface area contributed by atoms with Crippen molar-refractivity contribution in [3.05, 3.63) is 34.1 Å². The Hall–Kier alpha value is -2.10. The number of carbonyl (C=O) groups excluding carboxylic acids is 1. The highest BCUT2D eigenvalue weighted by Gasteiger charge is 2.39. The highest BCUT2D eigenvalue weighted by molar-refractivity contribution is 9.10. The molecule has 3 heterocycles. The number of carbonyl (C=O) groups is 1. The molecule has 0 aliphatic heterocycles. The van der Waals surface area contributed by atoms with Crippen molar-refractivity contribution in [2.24, 2.45) is 0 Å². The Labute approximate surface area is 207 Å². The first-order chi connectivity index (χ1) is 15.2. The number of aromatic amines is 1. The highest BCUT2D eigenvalue weighted by Crippen LogP contribution is 2.42. The van der Waals surface area contributed by atoms with E-state index in [1.807, 2.05) is 44.4 Å². The molecule has 176 valence electrons. The summed E-state index contributed by atoms with van der Waals surface area (Å²) in [5.74, 6) is 0.856. The number of fused-ring (bicyclic) bond motifs is 2. The van der Waals surface area contributed by atoms with Crippen molar-refractivity contribution >= 4 is 62.8 Å². The van der Waals surface area contributed by atoms with Crippen LogP contribution in [0.1, 0.15) is 41.5 Å². The van der Waals surface area contributed by atoms with E-state index in [0.717, 1.165) is 37.0 Å². The molecule has 0 fully saturated rings. The molecular formula is C24H30BrN3O3SSi. The lowest BCUT2D eigenvalue weighted by Crippen LogP contribution is -2.43. The van der Waals surface area contributed by atoms with Gasteiger partial charge >= 0.3 is 6.09 Å². The van der Waals surface area contributed by atoms with Crippen molar-refractivity contribution in [3.63, 3.8) is 0 Å². The molecule has 4 aromatic rings. The number of aromatic nitrogens is 3. The molecule has 0 amide bonds. The van der Waals surface area contributed by atoms with Crippen molar-refractivity contribution in [2.75, 3.05) is 0 Å². The highest BCUT2D eigenvalue weighted by atomic mass is 79.9. The second-order valence-electron chi connectivity index (χ2n) is 10.8. The molecule has 0 aliphatic rings. The second kappa shape index (κ2) is 7.99. The molecule has 6 nitrogen and oxygen atoms in total. The summed E-state index contributed by atoms with van der Waals surface area (Å²) in [7, 11) is -1.95. The standard InChI is InChI=1S/C24H30BrN3O3SSi/c1-23(2,3)30-22(29)28-17-11-12-32-21(17)20(27-28)19-18(25)15-10-9-14(13-16(15)26-19)31-33(7,8)24(4,5)6/h9-13,26H,1-8H3. The first kappa shape index (κ1) is 24.0. The largest absolute Gasteiger partial charge is 0.543 e. The Kier molecular flexibility index (Phi) is 5.82. The maximum atomic E-state index is 12.8. The molecule has 0 aliphatic carbocycles. The van der Waals surface area contributed by atoms with Crippen molar-refractivity contribution in [2.45, 2.75) is 65.3 Å². The molecule has 0 unspecified atom stereocenters. The van der Waals surface area contributed by atoms with Crippen molar-refractivity contribution in [1.29, 1.82) is 0 Å². The number of ether oxygens (including phenoxy) is 1. The lowest BCUT2D eigenvalue weighted by atomic mass is 10.2. The van der Waals surface area contributed by atoms with E-state index in [2.05, 4.69) is 65.9 Å². The van der Waals surface area contributed by atoms with E-state index in [9.17, 15) is 4.79 Å². The van der Waals surface area contributed by atoms with Gasteiger partial charge in [0.2, 0.25) is 8.32 Å². The van der Waals surface area contributed by atoms with Gasteiger partial charge in [0.1, 0.15) is 17.0 Å². The lowest BCUT2D eigenvalue weighted by molar-refractivity contribution is 0.0523. The molecule has 0 saturated heterocycles. The Morgan fingerprint density at radius 2 is 1.85 bits per heavy atom. The van der Waals surface area contributed by atoms with Crippen LogP contribution in [0.5, 0.6) is 5.75 Å². The summed E-state index contributed by atoms with van der Waals surface area (Å²) in [4.78, 5) is 16.3. The van der Waals surface area contributed by atoms with Crippen molar-refractivity contribution < 1.29 is 14.0 Å². The number of hydrogen-bond donors (Lipinski definition) is 1. The van der Waals surface area contributed by atoms with Gasteiger partial charge in [0.05, 0.1) is 25.9 Å². The number of nitrogens with zero attached hydrogens (tertiary/aromatic N) is 2. The number of H-pyrrole nitrogens is 1. The molecule has 0 radical (unpaired) electrons. The summed E-state index contributed by atoms with van der Waals surface area (Å²) >= 11 is 5.30. The maximum absolute atomic E-state index is 12.8. The predicted molar refractivity (Wildman–Crippen MR) is 142 cm³/mol. The molecule has 1 N–H and O–H groups in total. The third kappa shape index (κ3) is 4.50. The van der Waals surface area contributed by atoms with E-state index in [4.69, 9.17) is 9.16 Å². The number of nitrogens with one attached hydrogen (secondary N) is 1. The Morgan fingerprint density at radius 1 is 1.15 bits per heavy atom. The number of hydrogen-bond acceptors (Lipinski definition) is 5. The SMILES string of the molecule is CC(C)(C)OC(=O)n1nc(-c2[nH]c3cc(O[Si](C)(C)C(C)(C)C)ccc3c2Br)c2sccc21. The van der Waals surface area contributed by atoms with Gasteiger partial charge in [-0.2, -0.15) is 9.78 Å². The minimum Gasteiger partial charge on any atom is -0.543 e. The maximum Gasteiger partial charge on any atom is 0.435 e. The van der Waals surface area contributed by atoms with Crippen molar-refractivity contribution in [1.82, 2.24) is 14.8 Å². The van der Waals surface area contributed by atoms with Crippen LogP contribution in [0.25, 0.3) is 32.5 Å². The van der Waals surface area contributed by atoms with Crippen LogP contribution >= 0.6 is 27.3 Å². The number of rotatable bonds is 3. The van der Waals surface area contributed by atoms with E-state index < -0.39 is 20.0 Å². The van der Waals surface area contributed by atoms with Crippen LogP contribution in [0.15, 0.2) is 34.1 Å². The van der Waals surface area contributed by atoms with Gasteiger partial charge in [-0.1, -0.05) is 20.8 Å². The molecule has 0 spiro atoms. The summed E-state index contributed by atoms with van der Waals surface area (Å²) < 4.78 is 15.2. The normalized spacial score (nSPS) is 13.1. The van der Waals surface area contributed by atoms with Crippen LogP contribution in [0.2, 0.25) is 18.1 Å². The molecule has 3 aromatic heterocycles. The van der Waals surface area contributed by atoms with E-state index in [-0.39, 0.29) is 5.04 Å². The summed E-state index contributed by atoms with van der Waals surface area (Å²) in [5.41, 5.74) is 2.61. The minimum absolute atomic E-state index is 0.114. The Balaban J connectivity index is 1.77. The molecule has 4 rings (SSSR count). The van der Waals surface area contributed by atoms with Gasteiger partial charge in [0, 0.05) is 11.5 Å². The molecule has 0 saturated carbocycles. The van der Waals surface area contributed by atoms with E-state index >= 15 is 0 Å². The quantitative estimate of drug-likeness (QED) is 0.262. The van der Waals surface area contributed by atoms with Gasteiger partial charge in [-0.05, 0) is 78.4 Å². The summed E-state index contributed by atoms with van der Waals surface area (Å²) in [6, 6.07) is 8.01. The predicted octanol–water partition coefficient (Wildman–Crippen LogP) is 8.18. The van der Waals surface area contributed by atoms with Gasteiger partial charge < -0.3 is 14.1 Å². The van der Waals surface area contributed by atoms with Crippen LogP contribution in [0.4, 0.5) is 4.79 Å². The fraction of sp³-hybridized carbons (Fsp3) is 0.417. The van der Waals surface area contributed by atoms with E-state index in [0.29, 0.717) is 5.69 Å². The Morgan fingerprint density at radius 3 is 2.48 bits per heavy atom. The monoisotopic (exact) mass is 547 g/mol. The zero-order valence-corrected chi connectivity index (χ0v) is 23.7. The smallest absolute Gasteiger partial charge is 0.435 e. The molecule has 1 aromatic carbocycles. The molecule has 9 heteroatoms. The number of halogens is 1. The fourth-order valence-electron chi connectivity index (χ4n) is 3.27. The van der Waals surface area contributed by atoms with Gasteiger partial charge in [-0.25, -0.2) is 4.79 Å². The van der Waals surface area contributed by atoms with Crippen molar-refractivity contribution in [3.8, 4) is 17.1 Å². The third-order valence-corrected chi connectivity index (χ3v) is 12.1. The van der Waals surface area contributed by atoms with Crippen LogP contribution in [0, 0.1) is 0 Å². The van der Waals surface area contributed by atoms with Crippen LogP contribution in [-0.4, -0.2) is 34.8 Å². The first-order valence-electron chi connectivity index (χ1n) is 10.9. The van der Waals surface area contributed by atoms with Crippen LogP contribution in [0.3, 0.4) is 0 Å². The molecule has 33 heavy (non-hydrogen) atoms. The minimum atomic E-state index is -1.95. The van der Waals surface area contributed by atoms with Gasteiger partial charge in [0.15, 0.2) is 0 Å². The van der Waals surface area contributed by atoms with Crippen LogP contribution < -0.4 is 4.43 Å². The fourth-order valence-corrected chi connectivity index (χ4v) is 5.79. The lowest BCUT2D eigenvalue weighted by Gasteiger charge is -2.36. The zero-order valence-electron chi connectivity index (χ0n) is 20.3. The number of benzene rings is 1. The van der Waals surface area contributed by atoms with Gasteiger partial charge in [-0.15, -0.1) is 11.3 Å². The topological polar surface area (TPSA) is 69.1 Å². The number of thiophene rings is 1. The van der Waals surface area contributed by atoms with E-state index in [1.54, 1.807) is 11.3 Å². The van der Waals surface area contributed by atoms with Gasteiger partial charge in [-0.3, -0.25) is 0 Å². The summed E-state index contributed by atoms with van der Waals surface area (Å²) in [5, 5.41) is 7.74. The summed E-state index contributed by atoms with van der Waals surface area (Å²) in [6.07, 6.45) is -0.491.